The van der Waals surface area contributed by atoms with Crippen LogP contribution in [0.1, 0.15) is 48.4 Å². The van der Waals surface area contributed by atoms with Crippen molar-refractivity contribution in [1.29, 1.82) is 5.26 Å². The maximum atomic E-state index is 13.3. The lowest BCUT2D eigenvalue weighted by Gasteiger charge is -2.33. The van der Waals surface area contributed by atoms with E-state index in [9.17, 15) is 14.9 Å². The second-order valence-electron chi connectivity index (χ2n) is 8.52. The summed E-state index contributed by atoms with van der Waals surface area (Å²) in [5.41, 5.74) is 2.40. The summed E-state index contributed by atoms with van der Waals surface area (Å²) >= 11 is 6.83. The fraction of sp³-hybridized carbons (Fsp3) is 0.385. The third-order valence-electron chi connectivity index (χ3n) is 6.43. The van der Waals surface area contributed by atoms with E-state index in [1.165, 1.54) is 11.8 Å². The highest BCUT2D eigenvalue weighted by atomic mass is 32.2. The van der Waals surface area contributed by atoms with Crippen molar-refractivity contribution in [3.05, 3.63) is 67.8 Å². The number of rotatable bonds is 6. The Kier molecular flexibility index (Phi) is 7.54. The van der Waals surface area contributed by atoms with Crippen molar-refractivity contribution in [2.24, 2.45) is 0 Å². The summed E-state index contributed by atoms with van der Waals surface area (Å²) in [6.45, 7) is 6.39. The van der Waals surface area contributed by atoms with Gasteiger partial charge in [0.15, 0.2) is 0 Å². The van der Waals surface area contributed by atoms with Gasteiger partial charge in [-0.05, 0) is 56.7 Å². The molecule has 6 nitrogen and oxygen atoms in total. The van der Waals surface area contributed by atoms with E-state index in [0.29, 0.717) is 27.9 Å². The lowest BCUT2D eigenvalue weighted by Crippen LogP contribution is -2.37. The lowest BCUT2D eigenvalue weighted by atomic mass is 10.0. The number of carbonyl (C=O) groups excluding carboxylic acids is 1. The minimum absolute atomic E-state index is 0.123. The Morgan fingerprint density at radius 2 is 1.85 bits per heavy atom. The number of hydrogen-bond acceptors (Lipinski definition) is 6. The number of carbonyl (C=O) groups is 1. The van der Waals surface area contributed by atoms with Gasteiger partial charge in [-0.2, -0.15) is 5.26 Å². The molecule has 0 unspecified atom stereocenters. The zero-order valence-corrected chi connectivity index (χ0v) is 21.2. The van der Waals surface area contributed by atoms with Crippen molar-refractivity contribution >= 4 is 46.1 Å². The Morgan fingerprint density at radius 3 is 2.50 bits per heavy atom. The second kappa shape index (κ2) is 10.6. The lowest BCUT2D eigenvalue weighted by molar-refractivity contribution is -0.122. The molecule has 4 rings (SSSR count). The van der Waals surface area contributed by atoms with Gasteiger partial charge < -0.3 is 4.90 Å². The summed E-state index contributed by atoms with van der Waals surface area (Å²) in [5.74, 6) is 0.681. The van der Waals surface area contributed by atoms with Crippen LogP contribution in [0.3, 0.4) is 0 Å². The SMILES string of the molecule is CCn1c(N2CCCCC2)c(C=C2SC(=S)N(CCc3ccccc3)C2=O)c(C)c(C#N)c1=O. The Morgan fingerprint density at radius 1 is 1.15 bits per heavy atom. The van der Waals surface area contributed by atoms with E-state index in [2.05, 4.69) is 11.0 Å². The Balaban J connectivity index is 1.74. The maximum Gasteiger partial charge on any atom is 0.270 e. The summed E-state index contributed by atoms with van der Waals surface area (Å²) < 4.78 is 2.22. The number of pyridine rings is 1. The fourth-order valence-electron chi connectivity index (χ4n) is 4.59. The molecule has 2 aliphatic rings. The van der Waals surface area contributed by atoms with Crippen LogP contribution in [0, 0.1) is 18.3 Å². The summed E-state index contributed by atoms with van der Waals surface area (Å²) in [6, 6.07) is 12.1. The molecule has 2 fully saturated rings. The quantitative estimate of drug-likeness (QED) is 0.437. The standard InChI is InChI=1S/C26H28N4O2S2/c1-3-29-23(28-13-8-5-9-14-28)20(18(2)21(17-27)24(29)31)16-22-25(32)30(26(33)34-22)15-12-19-10-6-4-7-11-19/h4,6-7,10-11,16H,3,5,8-9,12-15H2,1-2H3. The normalized spacial score (nSPS) is 17.5. The molecule has 0 atom stereocenters. The van der Waals surface area contributed by atoms with Crippen LogP contribution in [0.2, 0.25) is 0 Å². The molecule has 34 heavy (non-hydrogen) atoms. The third kappa shape index (κ3) is 4.68. The first kappa shape index (κ1) is 24.2. The van der Waals surface area contributed by atoms with Gasteiger partial charge in [0.2, 0.25) is 0 Å². The fourth-order valence-corrected chi connectivity index (χ4v) is 5.88. The molecule has 0 saturated carbocycles. The molecule has 0 spiro atoms. The molecule has 1 aromatic carbocycles. The Labute approximate surface area is 209 Å². The molecule has 3 heterocycles. The molecule has 0 radical (unpaired) electrons. The van der Waals surface area contributed by atoms with E-state index in [0.717, 1.165) is 55.7 Å². The highest BCUT2D eigenvalue weighted by molar-refractivity contribution is 8.26. The van der Waals surface area contributed by atoms with E-state index < -0.39 is 0 Å². The first-order valence-electron chi connectivity index (χ1n) is 11.7. The predicted molar refractivity (Wildman–Crippen MR) is 142 cm³/mol. The molecule has 2 saturated heterocycles. The van der Waals surface area contributed by atoms with E-state index in [-0.39, 0.29) is 17.0 Å². The van der Waals surface area contributed by atoms with Crippen molar-refractivity contribution in [2.75, 3.05) is 24.5 Å². The van der Waals surface area contributed by atoms with E-state index in [4.69, 9.17) is 12.2 Å². The van der Waals surface area contributed by atoms with E-state index in [1.54, 1.807) is 16.4 Å². The molecule has 8 heteroatoms. The molecular formula is C26H28N4O2S2. The molecule has 176 valence electrons. The van der Waals surface area contributed by atoms with Crippen LogP contribution in [0.4, 0.5) is 5.82 Å². The first-order chi connectivity index (χ1) is 16.5. The van der Waals surface area contributed by atoms with Gasteiger partial charge in [-0.1, -0.05) is 54.3 Å². The number of aromatic nitrogens is 1. The molecule has 1 aromatic heterocycles. The number of amides is 1. The van der Waals surface area contributed by atoms with Gasteiger partial charge in [0, 0.05) is 31.7 Å². The molecule has 1 amide bonds. The topological polar surface area (TPSA) is 69.3 Å². The van der Waals surface area contributed by atoms with Gasteiger partial charge in [-0.15, -0.1) is 0 Å². The molecule has 0 aliphatic carbocycles. The number of anilines is 1. The first-order valence-corrected chi connectivity index (χ1v) is 12.9. The van der Waals surface area contributed by atoms with Gasteiger partial charge in [-0.3, -0.25) is 19.1 Å². The van der Waals surface area contributed by atoms with Crippen LogP contribution in [-0.4, -0.2) is 39.3 Å². The smallest absolute Gasteiger partial charge is 0.270 e. The molecule has 0 bridgehead atoms. The van der Waals surface area contributed by atoms with Crippen molar-refractivity contribution in [1.82, 2.24) is 9.47 Å². The number of piperidine rings is 1. The highest BCUT2D eigenvalue weighted by Gasteiger charge is 2.33. The second-order valence-corrected chi connectivity index (χ2v) is 10.2. The van der Waals surface area contributed by atoms with Gasteiger partial charge >= 0.3 is 0 Å². The van der Waals surface area contributed by atoms with Gasteiger partial charge in [-0.25, -0.2) is 0 Å². The van der Waals surface area contributed by atoms with Crippen LogP contribution in [-0.2, 0) is 17.8 Å². The number of thioether (sulfide) groups is 1. The predicted octanol–water partition coefficient (Wildman–Crippen LogP) is 4.48. The number of hydrogen-bond donors (Lipinski definition) is 0. The molecule has 2 aliphatic heterocycles. The van der Waals surface area contributed by atoms with Gasteiger partial charge in [0.1, 0.15) is 21.8 Å². The summed E-state index contributed by atoms with van der Waals surface area (Å²) in [7, 11) is 0. The largest absolute Gasteiger partial charge is 0.357 e. The van der Waals surface area contributed by atoms with E-state index >= 15 is 0 Å². The number of nitrogens with zero attached hydrogens (tertiary/aromatic N) is 4. The monoisotopic (exact) mass is 492 g/mol. The maximum absolute atomic E-state index is 13.3. The van der Waals surface area contributed by atoms with Crippen LogP contribution < -0.4 is 10.5 Å². The van der Waals surface area contributed by atoms with Crippen molar-refractivity contribution in [3.8, 4) is 6.07 Å². The minimum Gasteiger partial charge on any atom is -0.357 e. The Bertz CT molecular complexity index is 1240. The molecule has 2 aromatic rings. The number of thiocarbonyl (C=S) groups is 1. The van der Waals surface area contributed by atoms with Crippen molar-refractivity contribution < 1.29 is 4.79 Å². The zero-order valence-electron chi connectivity index (χ0n) is 19.5. The van der Waals surface area contributed by atoms with Crippen molar-refractivity contribution in [2.45, 2.75) is 46.1 Å². The van der Waals surface area contributed by atoms with Crippen molar-refractivity contribution in [3.63, 3.8) is 0 Å². The molecular weight excluding hydrogens is 464 g/mol. The number of benzene rings is 1. The van der Waals surface area contributed by atoms with E-state index in [1.807, 2.05) is 43.3 Å². The van der Waals surface area contributed by atoms with Crippen LogP contribution in [0.5, 0.6) is 0 Å². The highest BCUT2D eigenvalue weighted by Crippen LogP contribution is 2.36. The average molecular weight is 493 g/mol. The average Bonchev–Trinajstić information content (AvgIpc) is 3.12. The van der Waals surface area contributed by atoms with Crippen LogP contribution >= 0.6 is 24.0 Å². The Hall–Kier alpha value is -2.89. The summed E-state index contributed by atoms with van der Waals surface area (Å²) in [5, 5.41) is 9.72. The van der Waals surface area contributed by atoms with Crippen LogP contribution in [0.25, 0.3) is 6.08 Å². The minimum atomic E-state index is -0.268. The molecule has 0 N–H and O–H groups in total. The third-order valence-corrected chi connectivity index (χ3v) is 7.81. The van der Waals surface area contributed by atoms with Gasteiger partial charge in [0.05, 0.1) is 4.91 Å². The zero-order chi connectivity index (χ0) is 24.2. The van der Waals surface area contributed by atoms with Gasteiger partial charge in [0.25, 0.3) is 11.5 Å². The number of nitriles is 1. The summed E-state index contributed by atoms with van der Waals surface area (Å²) in [6.07, 6.45) is 5.83. The van der Waals surface area contributed by atoms with Crippen LogP contribution in [0.15, 0.2) is 40.0 Å². The summed E-state index contributed by atoms with van der Waals surface area (Å²) in [4.78, 5) is 30.8.